The van der Waals surface area contributed by atoms with E-state index in [0.717, 1.165) is 22.2 Å². The summed E-state index contributed by atoms with van der Waals surface area (Å²) in [5, 5.41) is 6.31. The summed E-state index contributed by atoms with van der Waals surface area (Å²) in [6.45, 7) is 2.07. The molecule has 0 saturated heterocycles. The van der Waals surface area contributed by atoms with Crippen LogP contribution in [0.25, 0.3) is 16.9 Å². The molecule has 0 aliphatic heterocycles. The lowest BCUT2D eigenvalue weighted by Crippen LogP contribution is -2.14. The van der Waals surface area contributed by atoms with Crippen LogP contribution in [0.5, 0.6) is 0 Å². The van der Waals surface area contributed by atoms with Gasteiger partial charge >= 0.3 is 0 Å². The molecule has 0 saturated carbocycles. The smallest absolute Gasteiger partial charge is 0.228 e. The number of fused-ring (bicyclic) bond motifs is 1. The second-order valence-electron chi connectivity index (χ2n) is 8.04. The fourth-order valence-electron chi connectivity index (χ4n) is 3.83. The van der Waals surface area contributed by atoms with E-state index in [1.54, 1.807) is 12.5 Å². The molecule has 0 aliphatic carbocycles. The highest BCUT2D eigenvalue weighted by molar-refractivity contribution is 5.94. The van der Waals surface area contributed by atoms with Gasteiger partial charge in [-0.15, -0.1) is 0 Å². The number of imidazole rings is 1. The molecule has 7 nitrogen and oxygen atoms in total. The number of carbonyl (C=O) groups excluding carboxylic acids is 1. The van der Waals surface area contributed by atoms with Gasteiger partial charge in [0.05, 0.1) is 23.5 Å². The number of amides is 1. The lowest BCUT2D eigenvalue weighted by Gasteiger charge is -2.14. The molecule has 1 unspecified atom stereocenters. The maximum absolute atomic E-state index is 12.4. The van der Waals surface area contributed by atoms with Crippen molar-refractivity contribution < 1.29 is 4.79 Å². The molecule has 7 heteroatoms. The Morgan fingerprint density at radius 3 is 2.50 bits per heavy atom. The lowest BCUT2D eigenvalue weighted by atomic mass is 10.1. The maximum Gasteiger partial charge on any atom is 0.228 e. The number of carbonyl (C=O) groups is 1. The van der Waals surface area contributed by atoms with Crippen LogP contribution in [0.15, 0.2) is 97.5 Å². The van der Waals surface area contributed by atoms with Crippen molar-refractivity contribution in [2.75, 3.05) is 10.6 Å². The molecule has 0 fully saturated rings. The predicted molar refractivity (Wildman–Crippen MR) is 134 cm³/mol. The molecule has 168 valence electrons. The topological polar surface area (TPSA) is 84.7 Å². The van der Waals surface area contributed by atoms with Gasteiger partial charge in [-0.2, -0.15) is 4.98 Å². The molecule has 1 amide bonds. The number of benzene rings is 3. The van der Waals surface area contributed by atoms with Crippen LogP contribution in [0.4, 0.5) is 11.6 Å². The summed E-state index contributed by atoms with van der Waals surface area (Å²) in [5.41, 5.74) is 4.50. The summed E-state index contributed by atoms with van der Waals surface area (Å²) in [6.07, 6.45) is 3.78. The van der Waals surface area contributed by atoms with Crippen molar-refractivity contribution in [2.45, 2.75) is 19.4 Å². The molecular formula is C27H24N6O. The van der Waals surface area contributed by atoms with E-state index in [2.05, 4.69) is 44.6 Å². The monoisotopic (exact) mass is 448 g/mol. The summed E-state index contributed by atoms with van der Waals surface area (Å²) in [7, 11) is 0. The van der Waals surface area contributed by atoms with E-state index < -0.39 is 0 Å². The van der Waals surface area contributed by atoms with Crippen LogP contribution in [0.3, 0.4) is 0 Å². The third-order valence-electron chi connectivity index (χ3n) is 5.57. The molecule has 0 spiro atoms. The molecule has 0 radical (unpaired) electrons. The summed E-state index contributed by atoms with van der Waals surface area (Å²) in [6, 6.07) is 27.4. The lowest BCUT2D eigenvalue weighted by molar-refractivity contribution is -0.115. The van der Waals surface area contributed by atoms with Crippen LogP contribution in [0, 0.1) is 0 Å². The van der Waals surface area contributed by atoms with Crippen molar-refractivity contribution in [3.8, 4) is 5.82 Å². The standard InChI is InChI=1S/C27H24N6O/c1-19(21-10-6-3-7-11-21)30-27-28-15-14-25(32-27)33-18-29-23-17-22(12-13-24(23)33)31-26(34)16-20-8-4-2-5-9-20/h2-15,17-19H,16H2,1H3,(H,31,34)(H,28,30,32). The quantitative estimate of drug-likeness (QED) is 0.359. The normalized spacial score (nSPS) is 11.8. The second kappa shape index (κ2) is 9.54. The maximum atomic E-state index is 12.4. The third kappa shape index (κ3) is 4.78. The molecule has 0 aliphatic rings. The minimum atomic E-state index is -0.0657. The molecule has 5 aromatic rings. The molecular weight excluding hydrogens is 424 g/mol. The molecule has 5 rings (SSSR count). The van der Waals surface area contributed by atoms with Crippen LogP contribution >= 0.6 is 0 Å². The van der Waals surface area contributed by atoms with E-state index in [-0.39, 0.29) is 11.9 Å². The highest BCUT2D eigenvalue weighted by Gasteiger charge is 2.11. The molecule has 3 aromatic carbocycles. The van der Waals surface area contributed by atoms with E-state index in [1.807, 2.05) is 77.4 Å². The summed E-state index contributed by atoms with van der Waals surface area (Å²) in [5.74, 6) is 1.19. The van der Waals surface area contributed by atoms with Crippen LogP contribution in [-0.4, -0.2) is 25.4 Å². The predicted octanol–water partition coefficient (Wildman–Crippen LogP) is 5.17. The van der Waals surface area contributed by atoms with Crippen LogP contribution in [0.1, 0.15) is 24.1 Å². The van der Waals surface area contributed by atoms with Gasteiger partial charge in [0.1, 0.15) is 12.1 Å². The number of anilines is 2. The number of nitrogens with one attached hydrogen (secondary N) is 2. The van der Waals surface area contributed by atoms with E-state index >= 15 is 0 Å². The Bertz CT molecular complexity index is 1420. The summed E-state index contributed by atoms with van der Waals surface area (Å²) in [4.78, 5) is 26.0. The first-order valence-corrected chi connectivity index (χ1v) is 11.1. The highest BCUT2D eigenvalue weighted by Crippen LogP contribution is 2.22. The fraction of sp³-hybridized carbons (Fsp3) is 0.111. The average Bonchev–Trinajstić information content (AvgIpc) is 3.28. The average molecular weight is 449 g/mol. The zero-order valence-corrected chi connectivity index (χ0v) is 18.7. The van der Waals surface area contributed by atoms with Crippen molar-refractivity contribution in [2.24, 2.45) is 0 Å². The first-order valence-electron chi connectivity index (χ1n) is 11.1. The number of hydrogen-bond donors (Lipinski definition) is 2. The van der Waals surface area contributed by atoms with Gasteiger partial charge in [0.25, 0.3) is 0 Å². The second-order valence-corrected chi connectivity index (χ2v) is 8.04. The van der Waals surface area contributed by atoms with Crippen LogP contribution in [0.2, 0.25) is 0 Å². The molecule has 2 aromatic heterocycles. The Morgan fingerprint density at radius 2 is 1.71 bits per heavy atom. The van der Waals surface area contributed by atoms with Gasteiger partial charge in [-0.1, -0.05) is 60.7 Å². The minimum Gasteiger partial charge on any atom is -0.348 e. The van der Waals surface area contributed by atoms with Crippen molar-refractivity contribution in [3.05, 3.63) is 109 Å². The zero-order valence-electron chi connectivity index (χ0n) is 18.7. The van der Waals surface area contributed by atoms with Gasteiger partial charge in [0.15, 0.2) is 0 Å². The first-order chi connectivity index (χ1) is 16.7. The van der Waals surface area contributed by atoms with Gasteiger partial charge in [-0.25, -0.2) is 9.97 Å². The van der Waals surface area contributed by atoms with E-state index in [4.69, 9.17) is 0 Å². The first kappa shape index (κ1) is 21.3. The third-order valence-corrected chi connectivity index (χ3v) is 5.57. The van der Waals surface area contributed by atoms with E-state index in [0.29, 0.717) is 23.9 Å². The summed E-state index contributed by atoms with van der Waals surface area (Å²) < 4.78 is 1.91. The fourth-order valence-corrected chi connectivity index (χ4v) is 3.83. The van der Waals surface area contributed by atoms with Gasteiger partial charge in [0, 0.05) is 11.9 Å². The molecule has 34 heavy (non-hydrogen) atoms. The van der Waals surface area contributed by atoms with Crippen molar-refractivity contribution in [1.29, 1.82) is 0 Å². The molecule has 2 heterocycles. The Labute approximate surface area is 197 Å². The Hall–Kier alpha value is -4.52. The Kier molecular flexibility index (Phi) is 5.99. The van der Waals surface area contributed by atoms with Crippen molar-refractivity contribution in [3.63, 3.8) is 0 Å². The van der Waals surface area contributed by atoms with Crippen LogP contribution < -0.4 is 10.6 Å². The van der Waals surface area contributed by atoms with Gasteiger partial charge in [0.2, 0.25) is 11.9 Å². The highest BCUT2D eigenvalue weighted by atomic mass is 16.1. The largest absolute Gasteiger partial charge is 0.348 e. The van der Waals surface area contributed by atoms with Gasteiger partial charge in [-0.05, 0) is 42.3 Å². The van der Waals surface area contributed by atoms with Crippen LogP contribution in [-0.2, 0) is 11.2 Å². The number of hydrogen-bond acceptors (Lipinski definition) is 5. The zero-order chi connectivity index (χ0) is 23.3. The van der Waals surface area contributed by atoms with Crippen molar-refractivity contribution >= 4 is 28.6 Å². The number of aromatic nitrogens is 4. The van der Waals surface area contributed by atoms with E-state index in [1.165, 1.54) is 0 Å². The number of rotatable bonds is 7. The summed E-state index contributed by atoms with van der Waals surface area (Å²) >= 11 is 0. The number of nitrogens with zero attached hydrogens (tertiary/aromatic N) is 4. The Balaban J connectivity index is 1.33. The minimum absolute atomic E-state index is 0.0657. The van der Waals surface area contributed by atoms with Gasteiger partial charge in [-0.3, -0.25) is 9.36 Å². The molecule has 1 atom stereocenters. The van der Waals surface area contributed by atoms with Crippen molar-refractivity contribution in [1.82, 2.24) is 19.5 Å². The van der Waals surface area contributed by atoms with E-state index in [9.17, 15) is 4.79 Å². The Morgan fingerprint density at radius 1 is 0.941 bits per heavy atom. The molecule has 2 N–H and O–H groups in total. The SMILES string of the molecule is CC(Nc1nccc(-n2cnc3cc(NC(=O)Cc4ccccc4)ccc32)n1)c1ccccc1. The molecule has 0 bridgehead atoms. The van der Waals surface area contributed by atoms with Gasteiger partial charge < -0.3 is 10.6 Å².